The zero-order valence-corrected chi connectivity index (χ0v) is 11.4. The third-order valence-corrected chi connectivity index (χ3v) is 4.04. The van der Waals surface area contributed by atoms with Gasteiger partial charge in [-0.25, -0.2) is 0 Å². The molecule has 2 rings (SSSR count). The number of hydrogen-bond donors (Lipinski definition) is 0. The van der Waals surface area contributed by atoms with Gasteiger partial charge >= 0.3 is 0 Å². The van der Waals surface area contributed by atoms with E-state index in [-0.39, 0.29) is 18.1 Å². The Morgan fingerprint density at radius 1 is 1.47 bits per heavy atom. The average molecular weight is 253 g/mol. The minimum atomic E-state index is 0.131. The first-order valence-corrected chi connectivity index (χ1v) is 7.00. The van der Waals surface area contributed by atoms with E-state index < -0.39 is 0 Å². The summed E-state index contributed by atoms with van der Waals surface area (Å²) in [6.07, 6.45) is 1.26. The monoisotopic (exact) mass is 253 g/mol. The number of thiophene rings is 1. The number of carbonyl (C=O) groups is 1. The fraction of sp³-hybridized carbons (Fsp3) is 0.615. The van der Waals surface area contributed by atoms with Gasteiger partial charge < -0.3 is 9.64 Å². The summed E-state index contributed by atoms with van der Waals surface area (Å²) in [5, 5.41) is 1.96. The van der Waals surface area contributed by atoms with Crippen LogP contribution in [0, 0.1) is 0 Å². The van der Waals surface area contributed by atoms with E-state index in [2.05, 4.69) is 6.92 Å². The second-order valence-electron chi connectivity index (χ2n) is 4.62. The maximum Gasteiger partial charge on any atom is 0.254 e. The molecule has 2 atom stereocenters. The number of ether oxygens (including phenoxy) is 1. The van der Waals surface area contributed by atoms with Crippen molar-refractivity contribution in [1.29, 1.82) is 0 Å². The van der Waals surface area contributed by atoms with Gasteiger partial charge in [-0.1, -0.05) is 6.92 Å². The van der Waals surface area contributed by atoms with Crippen molar-refractivity contribution in [1.82, 2.24) is 4.90 Å². The van der Waals surface area contributed by atoms with Crippen LogP contribution in [0.15, 0.2) is 11.4 Å². The van der Waals surface area contributed by atoms with Gasteiger partial charge in [0.2, 0.25) is 0 Å². The molecule has 3 nitrogen and oxygen atoms in total. The van der Waals surface area contributed by atoms with E-state index in [4.69, 9.17) is 4.74 Å². The fourth-order valence-electron chi connectivity index (χ4n) is 2.20. The maximum absolute atomic E-state index is 12.3. The van der Waals surface area contributed by atoms with Gasteiger partial charge in [0, 0.05) is 23.3 Å². The molecular weight excluding hydrogens is 234 g/mol. The minimum Gasteiger partial charge on any atom is -0.372 e. The molecule has 0 aromatic carbocycles. The summed E-state index contributed by atoms with van der Waals surface area (Å²) in [5.74, 6) is 0.142. The number of hydrogen-bond acceptors (Lipinski definition) is 3. The van der Waals surface area contributed by atoms with E-state index in [1.165, 1.54) is 4.88 Å². The number of rotatable bonds is 2. The van der Waals surface area contributed by atoms with Crippen molar-refractivity contribution in [2.75, 3.05) is 13.1 Å². The van der Waals surface area contributed by atoms with Crippen LogP contribution in [0.4, 0.5) is 0 Å². The zero-order valence-electron chi connectivity index (χ0n) is 10.6. The Bertz CT molecular complexity index is 392. The summed E-state index contributed by atoms with van der Waals surface area (Å²) < 4.78 is 5.64. The van der Waals surface area contributed by atoms with Crippen LogP contribution in [0.3, 0.4) is 0 Å². The quantitative estimate of drug-likeness (QED) is 0.810. The summed E-state index contributed by atoms with van der Waals surface area (Å²) in [7, 11) is 0. The molecule has 1 fully saturated rings. The predicted molar refractivity (Wildman–Crippen MR) is 69.6 cm³/mol. The number of aryl methyl sites for hydroxylation is 1. The molecule has 17 heavy (non-hydrogen) atoms. The SMILES string of the molecule is CCc1cc(C(=O)N2CC(C)OC(C)C2)cs1. The first-order chi connectivity index (χ1) is 8.10. The number of amides is 1. The Morgan fingerprint density at radius 2 is 2.12 bits per heavy atom. The van der Waals surface area contributed by atoms with Crippen molar-refractivity contribution in [3.05, 3.63) is 21.9 Å². The van der Waals surface area contributed by atoms with E-state index in [1.807, 2.05) is 30.2 Å². The van der Waals surface area contributed by atoms with Crippen LogP contribution in [0.1, 0.15) is 36.0 Å². The Balaban J connectivity index is 2.08. The van der Waals surface area contributed by atoms with Gasteiger partial charge in [-0.15, -0.1) is 11.3 Å². The van der Waals surface area contributed by atoms with Crippen LogP contribution in [-0.2, 0) is 11.2 Å². The lowest BCUT2D eigenvalue weighted by Crippen LogP contribution is -2.48. The van der Waals surface area contributed by atoms with Crippen molar-refractivity contribution in [3.8, 4) is 0 Å². The highest BCUT2D eigenvalue weighted by molar-refractivity contribution is 7.10. The van der Waals surface area contributed by atoms with Crippen molar-refractivity contribution < 1.29 is 9.53 Å². The number of morpholine rings is 1. The molecule has 1 aromatic rings. The molecule has 1 aliphatic heterocycles. The third-order valence-electron chi connectivity index (χ3n) is 2.96. The van der Waals surface area contributed by atoms with Crippen LogP contribution in [0.25, 0.3) is 0 Å². The molecule has 0 aliphatic carbocycles. The second kappa shape index (κ2) is 5.19. The molecule has 0 saturated carbocycles. The summed E-state index contributed by atoms with van der Waals surface area (Å²) in [6, 6.07) is 2.01. The summed E-state index contributed by atoms with van der Waals surface area (Å²) >= 11 is 1.66. The van der Waals surface area contributed by atoms with Crippen molar-refractivity contribution in [3.63, 3.8) is 0 Å². The topological polar surface area (TPSA) is 29.5 Å². The lowest BCUT2D eigenvalue weighted by molar-refractivity contribution is -0.0586. The molecule has 2 heterocycles. The molecule has 1 aromatic heterocycles. The Kier molecular flexibility index (Phi) is 3.84. The third kappa shape index (κ3) is 2.87. The van der Waals surface area contributed by atoms with Crippen LogP contribution in [-0.4, -0.2) is 36.1 Å². The Hall–Kier alpha value is -0.870. The van der Waals surface area contributed by atoms with E-state index in [1.54, 1.807) is 11.3 Å². The fourth-order valence-corrected chi connectivity index (χ4v) is 3.01. The summed E-state index contributed by atoms with van der Waals surface area (Å²) in [5.41, 5.74) is 0.827. The van der Waals surface area contributed by atoms with Crippen LogP contribution >= 0.6 is 11.3 Å². The van der Waals surface area contributed by atoms with Gasteiger partial charge in [-0.05, 0) is 26.3 Å². The van der Waals surface area contributed by atoms with Gasteiger partial charge in [0.25, 0.3) is 5.91 Å². The molecule has 0 bridgehead atoms. The van der Waals surface area contributed by atoms with Gasteiger partial charge in [0.15, 0.2) is 0 Å². The minimum absolute atomic E-state index is 0.131. The predicted octanol–water partition coefficient (Wildman–Crippen LogP) is 2.56. The van der Waals surface area contributed by atoms with Crippen LogP contribution < -0.4 is 0 Å². The number of carbonyl (C=O) groups excluding carboxylic acids is 1. The Morgan fingerprint density at radius 3 is 2.65 bits per heavy atom. The lowest BCUT2D eigenvalue weighted by atomic mass is 10.2. The normalized spacial score (nSPS) is 25.0. The van der Waals surface area contributed by atoms with Gasteiger partial charge in [0.05, 0.1) is 17.8 Å². The van der Waals surface area contributed by atoms with Crippen LogP contribution in [0.2, 0.25) is 0 Å². The second-order valence-corrected chi connectivity index (χ2v) is 5.62. The highest BCUT2D eigenvalue weighted by Crippen LogP contribution is 2.19. The summed E-state index contributed by atoms with van der Waals surface area (Å²) in [4.78, 5) is 15.5. The first kappa shape index (κ1) is 12.6. The van der Waals surface area contributed by atoms with Crippen LogP contribution in [0.5, 0.6) is 0 Å². The molecule has 0 spiro atoms. The zero-order chi connectivity index (χ0) is 12.4. The smallest absolute Gasteiger partial charge is 0.254 e. The van der Waals surface area contributed by atoms with E-state index in [9.17, 15) is 4.79 Å². The molecule has 94 valence electrons. The van der Waals surface area contributed by atoms with E-state index >= 15 is 0 Å². The molecule has 1 amide bonds. The van der Waals surface area contributed by atoms with Crippen molar-refractivity contribution in [2.45, 2.75) is 39.4 Å². The first-order valence-electron chi connectivity index (χ1n) is 6.12. The highest BCUT2D eigenvalue weighted by atomic mass is 32.1. The molecule has 0 radical (unpaired) electrons. The average Bonchev–Trinajstić information content (AvgIpc) is 2.75. The maximum atomic E-state index is 12.3. The van der Waals surface area contributed by atoms with E-state index in [0.717, 1.165) is 12.0 Å². The molecule has 4 heteroatoms. The molecule has 1 aliphatic rings. The van der Waals surface area contributed by atoms with Gasteiger partial charge in [-0.3, -0.25) is 4.79 Å². The van der Waals surface area contributed by atoms with E-state index in [0.29, 0.717) is 13.1 Å². The standard InChI is InChI=1S/C13H19NO2S/c1-4-12-5-11(8-17-12)13(15)14-6-9(2)16-10(3)7-14/h5,8-10H,4,6-7H2,1-3H3. The van der Waals surface area contributed by atoms with Crippen molar-refractivity contribution in [2.24, 2.45) is 0 Å². The molecule has 0 N–H and O–H groups in total. The summed E-state index contributed by atoms with van der Waals surface area (Å²) in [6.45, 7) is 7.53. The van der Waals surface area contributed by atoms with Crippen molar-refractivity contribution >= 4 is 17.2 Å². The number of nitrogens with zero attached hydrogens (tertiary/aromatic N) is 1. The molecular formula is C13H19NO2S. The molecule has 1 saturated heterocycles. The lowest BCUT2D eigenvalue weighted by Gasteiger charge is -2.35. The Labute approximate surface area is 106 Å². The highest BCUT2D eigenvalue weighted by Gasteiger charge is 2.26. The molecule has 2 unspecified atom stereocenters. The largest absolute Gasteiger partial charge is 0.372 e. The van der Waals surface area contributed by atoms with Gasteiger partial charge in [-0.2, -0.15) is 0 Å². The van der Waals surface area contributed by atoms with Gasteiger partial charge in [0.1, 0.15) is 0 Å².